The molecule has 1 N–H and O–H groups in total. The second kappa shape index (κ2) is 6.12. The van der Waals surface area contributed by atoms with Crippen molar-refractivity contribution < 1.29 is 0 Å². The number of anilines is 1. The Morgan fingerprint density at radius 1 is 1.26 bits per heavy atom. The average molecular weight is 331 g/mol. The van der Waals surface area contributed by atoms with E-state index in [0.29, 0.717) is 17.6 Å². The van der Waals surface area contributed by atoms with Gasteiger partial charge in [-0.1, -0.05) is 32.4 Å². The Bertz CT molecular complexity index is 821. The average Bonchev–Trinajstić information content (AvgIpc) is 2.82. The number of nitrogens with one attached hydrogen (secondary N) is 1. The number of hydrogen-bond acceptors (Lipinski definition) is 5. The van der Waals surface area contributed by atoms with Gasteiger partial charge >= 0.3 is 0 Å². The van der Waals surface area contributed by atoms with Crippen LogP contribution in [0.2, 0.25) is 5.15 Å². The van der Waals surface area contributed by atoms with Crippen LogP contribution in [0.3, 0.4) is 0 Å². The molecule has 0 atom stereocenters. The number of aromatic nitrogens is 5. The summed E-state index contributed by atoms with van der Waals surface area (Å²) >= 11 is 5.89. The van der Waals surface area contributed by atoms with Crippen LogP contribution in [0.25, 0.3) is 11.0 Å². The molecule has 0 unspecified atom stereocenters. The Morgan fingerprint density at radius 3 is 2.83 bits per heavy atom. The van der Waals surface area contributed by atoms with Gasteiger partial charge in [-0.3, -0.25) is 0 Å². The minimum absolute atomic E-state index is 0.137. The van der Waals surface area contributed by atoms with Crippen LogP contribution in [0, 0.1) is 5.41 Å². The van der Waals surface area contributed by atoms with E-state index < -0.39 is 0 Å². The van der Waals surface area contributed by atoms with E-state index in [1.807, 2.05) is 6.20 Å². The summed E-state index contributed by atoms with van der Waals surface area (Å²) in [5, 5.41) is 4.66. The summed E-state index contributed by atoms with van der Waals surface area (Å²) in [6.45, 7) is 8.07. The molecule has 0 bridgehead atoms. The molecule has 3 aromatic rings. The molecule has 0 aliphatic carbocycles. The van der Waals surface area contributed by atoms with Crippen molar-refractivity contribution in [3.05, 3.63) is 41.7 Å². The molecule has 0 radical (unpaired) electrons. The van der Waals surface area contributed by atoms with Crippen molar-refractivity contribution >= 4 is 28.6 Å². The van der Waals surface area contributed by atoms with Gasteiger partial charge in [0.05, 0.1) is 6.54 Å². The lowest BCUT2D eigenvalue weighted by atomic mass is 9.97. The van der Waals surface area contributed by atoms with E-state index in [9.17, 15) is 0 Å². The fourth-order valence-corrected chi connectivity index (χ4v) is 2.58. The first-order chi connectivity index (χ1) is 10.9. The molecule has 0 aromatic carbocycles. The number of fused-ring (bicyclic) bond motifs is 1. The van der Waals surface area contributed by atoms with Crippen LogP contribution in [0.1, 0.15) is 26.5 Å². The van der Waals surface area contributed by atoms with Crippen molar-refractivity contribution in [3.8, 4) is 0 Å². The molecule has 3 rings (SSSR count). The van der Waals surface area contributed by atoms with Gasteiger partial charge in [0.1, 0.15) is 17.1 Å². The largest absolute Gasteiger partial charge is 0.349 e. The lowest BCUT2D eigenvalue weighted by Crippen LogP contribution is -2.19. The standard InChI is InChI=1S/C16H19ClN6/c1-16(2,3)9-23-12(6-11-7-18-10-21-14(11)23)8-20-15-19-5-4-13(17)22-15/h4-7,10H,8-9H2,1-3H3,(H,19,20,22). The highest BCUT2D eigenvalue weighted by Gasteiger charge is 2.17. The highest BCUT2D eigenvalue weighted by Crippen LogP contribution is 2.24. The SMILES string of the molecule is CC(C)(C)Cn1c(CNc2nccc(Cl)n2)cc2cncnc21. The van der Waals surface area contributed by atoms with E-state index in [4.69, 9.17) is 11.6 Å². The smallest absolute Gasteiger partial charge is 0.224 e. The molecule has 0 amide bonds. The molecule has 0 spiro atoms. The molecular weight excluding hydrogens is 312 g/mol. The van der Waals surface area contributed by atoms with Crippen molar-refractivity contribution in [2.45, 2.75) is 33.9 Å². The first-order valence-electron chi connectivity index (χ1n) is 7.43. The Labute approximate surface area is 140 Å². The Hall–Kier alpha value is -2.21. The van der Waals surface area contributed by atoms with Crippen molar-refractivity contribution in [3.63, 3.8) is 0 Å². The molecule has 0 saturated heterocycles. The molecule has 6 nitrogen and oxygen atoms in total. The quantitative estimate of drug-likeness (QED) is 0.741. The minimum Gasteiger partial charge on any atom is -0.349 e. The van der Waals surface area contributed by atoms with Gasteiger partial charge in [0.25, 0.3) is 0 Å². The van der Waals surface area contributed by atoms with Crippen LogP contribution in [-0.2, 0) is 13.1 Å². The maximum absolute atomic E-state index is 5.89. The van der Waals surface area contributed by atoms with Gasteiger partial charge in [-0.05, 0) is 17.5 Å². The third-order valence-corrected chi connectivity index (χ3v) is 3.54. The monoisotopic (exact) mass is 330 g/mol. The molecule has 0 saturated carbocycles. The summed E-state index contributed by atoms with van der Waals surface area (Å²) in [7, 11) is 0. The third kappa shape index (κ3) is 3.76. The van der Waals surface area contributed by atoms with Gasteiger partial charge in [0.15, 0.2) is 0 Å². The fourth-order valence-electron chi connectivity index (χ4n) is 2.44. The number of rotatable bonds is 4. The summed E-state index contributed by atoms with van der Waals surface area (Å²) in [5.41, 5.74) is 2.19. The van der Waals surface area contributed by atoms with E-state index in [1.165, 1.54) is 0 Å². The molecule has 0 aliphatic heterocycles. The van der Waals surface area contributed by atoms with Crippen LogP contribution < -0.4 is 5.32 Å². The Morgan fingerprint density at radius 2 is 2.09 bits per heavy atom. The van der Waals surface area contributed by atoms with Gasteiger partial charge in [-0.15, -0.1) is 0 Å². The highest BCUT2D eigenvalue weighted by atomic mass is 35.5. The second-order valence-corrected chi connectivity index (χ2v) is 7.03. The number of hydrogen-bond donors (Lipinski definition) is 1. The normalized spacial score (nSPS) is 11.8. The predicted octanol–water partition coefficient (Wildman–Crippen LogP) is 3.53. The number of halogens is 1. The van der Waals surface area contributed by atoms with Gasteiger partial charge in [-0.2, -0.15) is 0 Å². The molecule has 3 aromatic heterocycles. The minimum atomic E-state index is 0.137. The van der Waals surface area contributed by atoms with E-state index in [0.717, 1.165) is 23.3 Å². The van der Waals surface area contributed by atoms with E-state index in [-0.39, 0.29) is 5.41 Å². The summed E-state index contributed by atoms with van der Waals surface area (Å²) in [6.07, 6.45) is 5.05. The van der Waals surface area contributed by atoms with Crippen LogP contribution in [-0.4, -0.2) is 24.5 Å². The van der Waals surface area contributed by atoms with Crippen LogP contribution in [0.15, 0.2) is 30.9 Å². The zero-order chi connectivity index (χ0) is 16.4. The summed E-state index contributed by atoms with van der Waals surface area (Å²) in [6, 6.07) is 3.75. The van der Waals surface area contributed by atoms with Gasteiger partial charge in [0, 0.05) is 30.0 Å². The van der Waals surface area contributed by atoms with Crippen LogP contribution >= 0.6 is 11.6 Å². The first kappa shape index (κ1) is 15.7. The predicted molar refractivity (Wildman–Crippen MR) is 91.4 cm³/mol. The maximum atomic E-state index is 5.89. The van der Waals surface area contributed by atoms with Crippen molar-refractivity contribution in [1.29, 1.82) is 0 Å². The van der Waals surface area contributed by atoms with Crippen molar-refractivity contribution in [2.75, 3.05) is 5.32 Å². The van der Waals surface area contributed by atoms with Crippen molar-refractivity contribution in [2.24, 2.45) is 5.41 Å². The van der Waals surface area contributed by atoms with E-state index >= 15 is 0 Å². The summed E-state index contributed by atoms with van der Waals surface area (Å²) in [4.78, 5) is 16.9. The molecule has 120 valence electrons. The maximum Gasteiger partial charge on any atom is 0.224 e. The Balaban J connectivity index is 1.91. The molecular formula is C16H19ClN6. The summed E-state index contributed by atoms with van der Waals surface area (Å²) in [5.74, 6) is 0.510. The zero-order valence-electron chi connectivity index (χ0n) is 13.4. The summed E-state index contributed by atoms with van der Waals surface area (Å²) < 4.78 is 2.22. The van der Waals surface area contributed by atoms with Crippen LogP contribution in [0.4, 0.5) is 5.95 Å². The van der Waals surface area contributed by atoms with E-state index in [1.54, 1.807) is 18.6 Å². The van der Waals surface area contributed by atoms with Gasteiger partial charge in [-0.25, -0.2) is 19.9 Å². The lowest BCUT2D eigenvalue weighted by Gasteiger charge is -2.21. The van der Waals surface area contributed by atoms with Gasteiger partial charge in [0.2, 0.25) is 5.95 Å². The molecule has 7 heteroatoms. The third-order valence-electron chi connectivity index (χ3n) is 3.32. The van der Waals surface area contributed by atoms with Crippen molar-refractivity contribution in [1.82, 2.24) is 24.5 Å². The van der Waals surface area contributed by atoms with E-state index in [2.05, 4.69) is 56.7 Å². The first-order valence-corrected chi connectivity index (χ1v) is 7.81. The molecule has 3 heterocycles. The second-order valence-electron chi connectivity index (χ2n) is 6.64. The number of nitrogens with zero attached hydrogens (tertiary/aromatic N) is 5. The van der Waals surface area contributed by atoms with Crippen LogP contribution in [0.5, 0.6) is 0 Å². The zero-order valence-corrected chi connectivity index (χ0v) is 14.2. The fraction of sp³-hybridized carbons (Fsp3) is 0.375. The molecule has 0 fully saturated rings. The topological polar surface area (TPSA) is 68.5 Å². The molecule has 23 heavy (non-hydrogen) atoms. The van der Waals surface area contributed by atoms with Gasteiger partial charge < -0.3 is 9.88 Å². The highest BCUT2D eigenvalue weighted by molar-refractivity contribution is 6.29. The lowest BCUT2D eigenvalue weighted by molar-refractivity contribution is 0.344. The Kier molecular flexibility index (Phi) is 4.17. The molecule has 0 aliphatic rings.